The summed E-state index contributed by atoms with van der Waals surface area (Å²) in [6, 6.07) is 6.11. The molecule has 1 aliphatic heterocycles. The standard InChI is InChI=1S/C16H19BF4O2/c1-13(2)14(3,4)23-17(22-13)11-7-5-10(6-8-11)12-9-15(18,19)16(12,20)21/h5-8,12H,9H2,1-4H3. The minimum absolute atomic E-state index is 0.209. The Balaban J connectivity index is 1.77. The molecule has 0 spiro atoms. The minimum Gasteiger partial charge on any atom is -0.399 e. The summed E-state index contributed by atoms with van der Waals surface area (Å²) in [5.74, 6) is -9.34. The van der Waals surface area contributed by atoms with Gasteiger partial charge in [-0.1, -0.05) is 24.3 Å². The normalized spacial score (nSPS) is 30.1. The van der Waals surface area contributed by atoms with E-state index in [-0.39, 0.29) is 5.56 Å². The fourth-order valence-corrected chi connectivity index (χ4v) is 2.84. The number of hydrogen-bond donors (Lipinski definition) is 0. The number of alkyl halides is 4. The molecule has 0 bridgehead atoms. The molecule has 1 atom stereocenters. The average molecular weight is 330 g/mol. The van der Waals surface area contributed by atoms with Crippen LogP contribution in [0.1, 0.15) is 45.6 Å². The van der Waals surface area contributed by atoms with Gasteiger partial charge in [-0.2, -0.15) is 17.6 Å². The first-order chi connectivity index (χ1) is 10.4. The van der Waals surface area contributed by atoms with E-state index in [2.05, 4.69) is 0 Å². The molecule has 1 aromatic carbocycles. The van der Waals surface area contributed by atoms with Crippen LogP contribution in [0.5, 0.6) is 0 Å². The van der Waals surface area contributed by atoms with Gasteiger partial charge in [0.25, 0.3) is 0 Å². The molecular formula is C16H19BF4O2. The van der Waals surface area contributed by atoms with Gasteiger partial charge >= 0.3 is 19.0 Å². The molecule has 2 fully saturated rings. The summed E-state index contributed by atoms with van der Waals surface area (Å²) >= 11 is 0. The van der Waals surface area contributed by atoms with Crippen molar-refractivity contribution in [3.05, 3.63) is 29.8 Å². The second-order valence-corrected chi connectivity index (χ2v) is 7.34. The lowest BCUT2D eigenvalue weighted by atomic mass is 9.71. The largest absolute Gasteiger partial charge is 0.494 e. The van der Waals surface area contributed by atoms with Crippen LogP contribution < -0.4 is 5.46 Å². The minimum atomic E-state index is -3.99. The molecule has 7 heteroatoms. The van der Waals surface area contributed by atoms with Gasteiger partial charge in [0.2, 0.25) is 0 Å². The molecule has 1 aromatic rings. The third kappa shape index (κ3) is 2.40. The summed E-state index contributed by atoms with van der Waals surface area (Å²) in [5, 5.41) is 0. The summed E-state index contributed by atoms with van der Waals surface area (Å²) in [5.41, 5.74) is -0.110. The van der Waals surface area contributed by atoms with Crippen molar-refractivity contribution in [1.82, 2.24) is 0 Å². The van der Waals surface area contributed by atoms with E-state index in [1.54, 1.807) is 12.1 Å². The zero-order valence-electron chi connectivity index (χ0n) is 13.5. The van der Waals surface area contributed by atoms with Crippen LogP contribution in [0.2, 0.25) is 0 Å². The van der Waals surface area contributed by atoms with Gasteiger partial charge in [0, 0.05) is 6.42 Å². The van der Waals surface area contributed by atoms with Crippen molar-refractivity contribution in [3.63, 3.8) is 0 Å². The Morgan fingerprint density at radius 3 is 1.78 bits per heavy atom. The average Bonchev–Trinajstić information content (AvgIpc) is 2.65. The molecule has 1 saturated heterocycles. The van der Waals surface area contributed by atoms with Crippen molar-refractivity contribution in [1.29, 1.82) is 0 Å². The van der Waals surface area contributed by atoms with E-state index in [1.165, 1.54) is 12.1 Å². The van der Waals surface area contributed by atoms with Crippen LogP contribution in [0.3, 0.4) is 0 Å². The van der Waals surface area contributed by atoms with Crippen LogP contribution >= 0.6 is 0 Å². The van der Waals surface area contributed by atoms with Crippen LogP contribution in [0.4, 0.5) is 17.6 Å². The molecule has 23 heavy (non-hydrogen) atoms. The molecule has 1 heterocycles. The Morgan fingerprint density at radius 2 is 1.39 bits per heavy atom. The Labute approximate surface area is 133 Å². The summed E-state index contributed by atoms with van der Waals surface area (Å²) in [6.45, 7) is 7.66. The third-order valence-corrected chi connectivity index (χ3v) is 5.25. The Morgan fingerprint density at radius 1 is 0.913 bits per heavy atom. The molecule has 126 valence electrons. The van der Waals surface area contributed by atoms with Crippen LogP contribution in [0.25, 0.3) is 0 Å². The van der Waals surface area contributed by atoms with E-state index in [4.69, 9.17) is 9.31 Å². The highest BCUT2D eigenvalue weighted by atomic mass is 19.3. The highest BCUT2D eigenvalue weighted by Gasteiger charge is 2.71. The summed E-state index contributed by atoms with van der Waals surface area (Å²) in [7, 11) is -0.600. The van der Waals surface area contributed by atoms with E-state index in [9.17, 15) is 17.6 Å². The van der Waals surface area contributed by atoms with Crippen molar-refractivity contribution in [2.75, 3.05) is 0 Å². The number of hydrogen-bond acceptors (Lipinski definition) is 2. The lowest BCUT2D eigenvalue weighted by Gasteiger charge is -2.44. The van der Waals surface area contributed by atoms with Gasteiger partial charge in [0.15, 0.2) is 0 Å². The maximum absolute atomic E-state index is 13.5. The van der Waals surface area contributed by atoms with Crippen LogP contribution in [-0.4, -0.2) is 30.2 Å². The molecule has 0 N–H and O–H groups in total. The van der Waals surface area contributed by atoms with Gasteiger partial charge in [0.1, 0.15) is 0 Å². The molecule has 0 radical (unpaired) electrons. The first-order valence-corrected chi connectivity index (χ1v) is 7.58. The third-order valence-electron chi connectivity index (χ3n) is 5.25. The van der Waals surface area contributed by atoms with Crippen molar-refractivity contribution < 1.29 is 26.9 Å². The summed E-state index contributed by atoms with van der Waals surface area (Å²) < 4.78 is 64.6. The van der Waals surface area contributed by atoms with E-state index < -0.39 is 42.5 Å². The lowest BCUT2D eigenvalue weighted by molar-refractivity contribution is -0.290. The Bertz CT molecular complexity index is 597. The maximum Gasteiger partial charge on any atom is 0.494 e. The number of rotatable bonds is 2. The zero-order valence-corrected chi connectivity index (χ0v) is 13.5. The summed E-state index contributed by atoms with van der Waals surface area (Å²) in [4.78, 5) is 0. The van der Waals surface area contributed by atoms with Crippen molar-refractivity contribution in [3.8, 4) is 0 Å². The van der Waals surface area contributed by atoms with Crippen LogP contribution in [0, 0.1) is 0 Å². The van der Waals surface area contributed by atoms with Gasteiger partial charge < -0.3 is 9.31 Å². The second-order valence-electron chi connectivity index (χ2n) is 7.34. The van der Waals surface area contributed by atoms with E-state index >= 15 is 0 Å². The molecule has 1 saturated carbocycles. The summed E-state index contributed by atoms with van der Waals surface area (Å²) in [6.07, 6.45) is -0.824. The molecule has 0 amide bonds. The predicted molar refractivity (Wildman–Crippen MR) is 79.4 cm³/mol. The van der Waals surface area contributed by atoms with Gasteiger partial charge in [0.05, 0.1) is 17.1 Å². The van der Waals surface area contributed by atoms with Gasteiger partial charge in [-0.05, 0) is 38.7 Å². The fourth-order valence-electron chi connectivity index (χ4n) is 2.84. The zero-order chi connectivity index (χ0) is 17.3. The van der Waals surface area contributed by atoms with Crippen molar-refractivity contribution in [2.24, 2.45) is 0 Å². The van der Waals surface area contributed by atoms with E-state index in [0.717, 1.165) is 0 Å². The van der Waals surface area contributed by atoms with Gasteiger partial charge in [-0.15, -0.1) is 0 Å². The molecular weight excluding hydrogens is 311 g/mol. The topological polar surface area (TPSA) is 18.5 Å². The van der Waals surface area contributed by atoms with Crippen molar-refractivity contribution >= 4 is 12.6 Å². The molecule has 1 unspecified atom stereocenters. The molecule has 3 rings (SSSR count). The fraction of sp³-hybridized carbons (Fsp3) is 0.625. The number of halogens is 4. The van der Waals surface area contributed by atoms with Crippen LogP contribution in [-0.2, 0) is 9.31 Å². The quantitative estimate of drug-likeness (QED) is 0.607. The Hall–Kier alpha value is -1.08. The smallest absolute Gasteiger partial charge is 0.399 e. The predicted octanol–water partition coefficient (Wildman–Crippen LogP) is 3.74. The SMILES string of the molecule is CC1(C)OB(c2ccc(C3CC(F)(F)C3(F)F)cc2)OC1(C)C. The highest BCUT2D eigenvalue weighted by Crippen LogP contribution is 2.59. The van der Waals surface area contributed by atoms with Crippen LogP contribution in [0.15, 0.2) is 24.3 Å². The molecule has 2 aliphatic rings. The van der Waals surface area contributed by atoms with Gasteiger partial charge in [-0.3, -0.25) is 0 Å². The van der Waals surface area contributed by atoms with Gasteiger partial charge in [-0.25, -0.2) is 0 Å². The second kappa shape index (κ2) is 4.73. The molecule has 0 aromatic heterocycles. The lowest BCUT2D eigenvalue weighted by Crippen LogP contribution is -2.57. The van der Waals surface area contributed by atoms with E-state index in [0.29, 0.717) is 5.46 Å². The number of benzene rings is 1. The maximum atomic E-state index is 13.5. The Kier molecular flexibility index (Phi) is 3.45. The van der Waals surface area contributed by atoms with E-state index in [1.807, 2.05) is 27.7 Å². The first kappa shape index (κ1) is 16.8. The monoisotopic (exact) mass is 330 g/mol. The highest BCUT2D eigenvalue weighted by molar-refractivity contribution is 6.62. The van der Waals surface area contributed by atoms with Crippen molar-refractivity contribution in [2.45, 2.75) is 63.1 Å². The molecule has 1 aliphatic carbocycles. The molecule has 2 nitrogen and oxygen atoms in total. The first-order valence-electron chi connectivity index (χ1n) is 7.58.